The number of hydrogen-bond acceptors (Lipinski definition) is 8. The number of rotatable bonds is 7. The largest absolute Gasteiger partial charge is 0.369 e. The third kappa shape index (κ3) is 4.93. The zero-order valence-electron chi connectivity index (χ0n) is 18.8. The lowest BCUT2D eigenvalue weighted by molar-refractivity contribution is -0.00787. The summed E-state index contributed by atoms with van der Waals surface area (Å²) in [5, 5.41) is 7.04. The first-order chi connectivity index (χ1) is 15.9. The molecule has 168 valence electrons. The van der Waals surface area contributed by atoms with Crippen LogP contribution in [-0.2, 0) is 10.3 Å². The number of nitrogens with one attached hydrogen (secondary N) is 1. The Morgan fingerprint density at radius 2 is 1.85 bits per heavy atom. The molecule has 0 unspecified atom stereocenters. The lowest BCUT2D eigenvalue weighted by Crippen LogP contribution is -2.27. The highest BCUT2D eigenvalue weighted by Gasteiger charge is 2.27. The molecule has 0 aliphatic heterocycles. The summed E-state index contributed by atoms with van der Waals surface area (Å²) in [7, 11) is 1.59. The molecule has 3 aromatic heterocycles. The highest BCUT2D eigenvalue weighted by atomic mass is 16.5. The number of carbonyl (C=O) groups is 1. The van der Waals surface area contributed by atoms with Crippen molar-refractivity contribution < 1.29 is 14.1 Å². The van der Waals surface area contributed by atoms with Gasteiger partial charge in [-0.2, -0.15) is 4.98 Å². The van der Waals surface area contributed by atoms with E-state index in [0.717, 1.165) is 11.1 Å². The van der Waals surface area contributed by atoms with Crippen LogP contribution in [0.5, 0.6) is 0 Å². The van der Waals surface area contributed by atoms with Crippen LogP contribution in [0.3, 0.4) is 0 Å². The molecule has 0 fully saturated rings. The fourth-order valence-electron chi connectivity index (χ4n) is 3.06. The molecule has 1 aromatic carbocycles. The highest BCUT2D eigenvalue weighted by Crippen LogP contribution is 2.26. The Bertz CT molecular complexity index is 1240. The number of pyridine rings is 1. The van der Waals surface area contributed by atoms with E-state index in [1.54, 1.807) is 13.3 Å². The molecule has 0 saturated carbocycles. The molecule has 0 aliphatic rings. The lowest BCUT2D eigenvalue weighted by Gasteiger charge is -2.16. The number of benzene rings is 1. The monoisotopic (exact) mass is 444 g/mol. The Morgan fingerprint density at radius 1 is 1.06 bits per heavy atom. The van der Waals surface area contributed by atoms with Crippen molar-refractivity contribution in [1.29, 1.82) is 0 Å². The van der Waals surface area contributed by atoms with Gasteiger partial charge < -0.3 is 14.6 Å². The zero-order chi connectivity index (χ0) is 23.4. The number of hydrogen-bond donors (Lipinski definition) is 1. The van der Waals surface area contributed by atoms with Gasteiger partial charge in [-0.05, 0) is 44.5 Å². The Morgan fingerprint density at radius 3 is 2.55 bits per heavy atom. The van der Waals surface area contributed by atoms with Crippen LogP contribution >= 0.6 is 0 Å². The van der Waals surface area contributed by atoms with Crippen LogP contribution in [-0.4, -0.2) is 38.1 Å². The standard InChI is InChI=1S/C24H24N6O3/c1-15(28-22(31)18-13-26-21(27-14-18)19-10-5-6-11-25-19)16-8-7-9-17(12-16)20-29-23(33-30-20)24(2,3)32-4/h5-15H,1-4H3,(H,28,31)/t15-/m1/s1. The molecular weight excluding hydrogens is 420 g/mol. The van der Waals surface area contributed by atoms with Crippen LogP contribution < -0.4 is 5.32 Å². The van der Waals surface area contributed by atoms with Gasteiger partial charge in [-0.15, -0.1) is 0 Å². The molecule has 0 saturated heterocycles. The molecule has 0 aliphatic carbocycles. The minimum absolute atomic E-state index is 0.269. The van der Waals surface area contributed by atoms with Crippen LogP contribution in [0.4, 0.5) is 0 Å². The Hall–Kier alpha value is -3.98. The molecule has 1 atom stereocenters. The number of amides is 1. The van der Waals surface area contributed by atoms with Crippen LogP contribution in [0.2, 0.25) is 0 Å². The summed E-state index contributed by atoms with van der Waals surface area (Å²) in [6, 6.07) is 12.8. The average molecular weight is 444 g/mol. The van der Waals surface area contributed by atoms with Crippen molar-refractivity contribution in [3.05, 3.63) is 78.1 Å². The minimum Gasteiger partial charge on any atom is -0.369 e. The number of ether oxygens (including phenoxy) is 1. The molecule has 0 radical (unpaired) electrons. The Balaban J connectivity index is 1.47. The van der Waals surface area contributed by atoms with Crippen molar-refractivity contribution in [2.24, 2.45) is 0 Å². The first-order valence-corrected chi connectivity index (χ1v) is 10.4. The van der Waals surface area contributed by atoms with E-state index in [4.69, 9.17) is 9.26 Å². The Labute approximate surface area is 191 Å². The molecular formula is C24H24N6O3. The summed E-state index contributed by atoms with van der Waals surface area (Å²) < 4.78 is 10.8. The maximum absolute atomic E-state index is 12.7. The average Bonchev–Trinajstić information content (AvgIpc) is 3.36. The van der Waals surface area contributed by atoms with Crippen LogP contribution in [0, 0.1) is 0 Å². The first kappa shape index (κ1) is 22.2. The predicted molar refractivity (Wildman–Crippen MR) is 121 cm³/mol. The normalized spacial score (nSPS) is 12.4. The van der Waals surface area contributed by atoms with Crippen molar-refractivity contribution >= 4 is 5.91 Å². The van der Waals surface area contributed by atoms with Crippen LogP contribution in [0.15, 0.2) is 65.6 Å². The maximum atomic E-state index is 12.7. The van der Waals surface area contributed by atoms with Gasteiger partial charge in [0.1, 0.15) is 11.3 Å². The van der Waals surface area contributed by atoms with Gasteiger partial charge in [0.15, 0.2) is 5.82 Å². The van der Waals surface area contributed by atoms with Gasteiger partial charge in [0.05, 0.1) is 11.6 Å². The number of aromatic nitrogens is 5. The zero-order valence-corrected chi connectivity index (χ0v) is 18.8. The van der Waals surface area contributed by atoms with E-state index in [2.05, 4.69) is 30.4 Å². The minimum atomic E-state index is -0.682. The SMILES string of the molecule is COC(C)(C)c1nc(-c2cccc([C@@H](C)NC(=O)c3cnc(-c4ccccn4)nc3)c2)no1. The molecule has 9 heteroatoms. The summed E-state index contributed by atoms with van der Waals surface area (Å²) in [6.07, 6.45) is 4.66. The predicted octanol–water partition coefficient (Wildman–Crippen LogP) is 3.96. The van der Waals surface area contributed by atoms with Crippen LogP contribution in [0.25, 0.3) is 22.9 Å². The molecule has 4 aromatic rings. The fraction of sp³-hybridized carbons (Fsp3) is 0.250. The highest BCUT2D eigenvalue weighted by molar-refractivity contribution is 5.94. The molecule has 9 nitrogen and oxygen atoms in total. The van der Waals surface area contributed by atoms with Gasteiger partial charge in [-0.1, -0.05) is 29.4 Å². The summed E-state index contributed by atoms with van der Waals surface area (Å²) in [4.78, 5) is 29.9. The van der Waals surface area contributed by atoms with Crippen molar-refractivity contribution in [3.63, 3.8) is 0 Å². The second kappa shape index (κ2) is 9.25. The van der Waals surface area contributed by atoms with E-state index in [1.165, 1.54) is 12.4 Å². The second-order valence-electron chi connectivity index (χ2n) is 7.97. The first-order valence-electron chi connectivity index (χ1n) is 10.4. The molecule has 0 bridgehead atoms. The smallest absolute Gasteiger partial charge is 0.258 e. The topological polar surface area (TPSA) is 116 Å². The van der Waals surface area contributed by atoms with Crippen molar-refractivity contribution in [1.82, 2.24) is 30.4 Å². The van der Waals surface area contributed by atoms with E-state index in [9.17, 15) is 4.79 Å². The Kier molecular flexibility index (Phi) is 6.23. The number of nitrogens with zero attached hydrogens (tertiary/aromatic N) is 5. The van der Waals surface area contributed by atoms with Gasteiger partial charge in [-0.25, -0.2) is 9.97 Å². The molecule has 0 spiro atoms. The van der Waals surface area contributed by atoms with Crippen molar-refractivity contribution in [3.8, 4) is 22.9 Å². The quantitative estimate of drug-likeness (QED) is 0.455. The molecule has 1 N–H and O–H groups in total. The summed E-state index contributed by atoms with van der Waals surface area (Å²) >= 11 is 0. The molecule has 1 amide bonds. The molecule has 4 rings (SSSR count). The summed E-state index contributed by atoms with van der Waals surface area (Å²) in [5.41, 5.74) is 2.00. The van der Waals surface area contributed by atoms with Crippen LogP contribution in [0.1, 0.15) is 48.6 Å². The second-order valence-corrected chi connectivity index (χ2v) is 7.97. The number of methoxy groups -OCH3 is 1. The lowest BCUT2D eigenvalue weighted by atomic mass is 10.0. The van der Waals surface area contributed by atoms with E-state index in [0.29, 0.717) is 28.8 Å². The third-order valence-corrected chi connectivity index (χ3v) is 5.25. The summed E-state index contributed by atoms with van der Waals surface area (Å²) in [6.45, 7) is 5.60. The fourth-order valence-corrected chi connectivity index (χ4v) is 3.06. The van der Waals surface area contributed by atoms with E-state index in [-0.39, 0.29) is 11.9 Å². The number of carbonyl (C=O) groups excluding carboxylic acids is 1. The van der Waals surface area contributed by atoms with Gasteiger partial charge in [0.2, 0.25) is 5.82 Å². The van der Waals surface area contributed by atoms with Crippen molar-refractivity contribution in [2.45, 2.75) is 32.4 Å². The van der Waals surface area contributed by atoms with Gasteiger partial charge in [0.25, 0.3) is 11.8 Å². The van der Waals surface area contributed by atoms with Gasteiger partial charge >= 0.3 is 0 Å². The third-order valence-electron chi connectivity index (χ3n) is 5.25. The van der Waals surface area contributed by atoms with Gasteiger partial charge in [-0.3, -0.25) is 9.78 Å². The molecule has 3 heterocycles. The van der Waals surface area contributed by atoms with Gasteiger partial charge in [0, 0.05) is 31.3 Å². The molecule has 33 heavy (non-hydrogen) atoms. The van der Waals surface area contributed by atoms with E-state index < -0.39 is 5.60 Å². The maximum Gasteiger partial charge on any atom is 0.258 e. The summed E-state index contributed by atoms with van der Waals surface area (Å²) in [5.74, 6) is 1.03. The van der Waals surface area contributed by atoms with E-state index >= 15 is 0 Å². The van der Waals surface area contributed by atoms with Crippen molar-refractivity contribution in [2.75, 3.05) is 7.11 Å². The van der Waals surface area contributed by atoms with E-state index in [1.807, 2.05) is 63.2 Å².